The van der Waals surface area contributed by atoms with Crippen molar-refractivity contribution in [1.29, 1.82) is 5.26 Å². The summed E-state index contributed by atoms with van der Waals surface area (Å²) in [6.45, 7) is 11.9. The van der Waals surface area contributed by atoms with Gasteiger partial charge in [0, 0.05) is 11.1 Å². The third kappa shape index (κ3) is 5.29. The van der Waals surface area contributed by atoms with Crippen LogP contribution in [-0.4, -0.2) is 12.8 Å². The van der Waals surface area contributed by atoms with Crippen LogP contribution in [0.15, 0.2) is 27.7 Å². The molecule has 29 heavy (non-hydrogen) atoms. The van der Waals surface area contributed by atoms with Crippen LogP contribution in [0.3, 0.4) is 0 Å². The zero-order valence-electron chi connectivity index (χ0n) is 17.9. The quantitative estimate of drug-likeness (QED) is 0.427. The number of nitrogens with zero attached hydrogens (tertiary/aromatic N) is 2. The molecule has 0 saturated carbocycles. The summed E-state index contributed by atoms with van der Waals surface area (Å²) in [4.78, 5) is 6.04. The molecule has 1 heterocycles. The van der Waals surface area contributed by atoms with Gasteiger partial charge in [0.1, 0.15) is 16.8 Å². The second-order valence-corrected chi connectivity index (χ2v) is 11.2. The van der Waals surface area contributed by atoms with Crippen LogP contribution in [0.2, 0.25) is 0 Å². The molecule has 1 aliphatic rings. The minimum Gasteiger partial charge on any atom is -0.492 e. The Morgan fingerprint density at radius 3 is 2.76 bits per heavy atom. The first-order chi connectivity index (χ1) is 13.7. The van der Waals surface area contributed by atoms with Crippen LogP contribution >= 0.6 is 27.3 Å². The molecule has 0 N–H and O–H groups in total. The molecule has 0 amide bonds. The summed E-state index contributed by atoms with van der Waals surface area (Å²) in [6, 6.07) is 8.38. The maximum Gasteiger partial charge on any atom is 0.134 e. The van der Waals surface area contributed by atoms with Crippen molar-refractivity contribution in [3.63, 3.8) is 0 Å². The van der Waals surface area contributed by atoms with Crippen molar-refractivity contribution in [2.75, 3.05) is 6.61 Å². The highest BCUT2D eigenvalue weighted by atomic mass is 79.9. The van der Waals surface area contributed by atoms with E-state index in [9.17, 15) is 5.26 Å². The number of fused-ring (bicyclic) bond motifs is 1. The van der Waals surface area contributed by atoms with Gasteiger partial charge in [-0.05, 0) is 81.8 Å². The number of halogens is 1. The van der Waals surface area contributed by atoms with E-state index in [1.54, 1.807) is 11.3 Å². The summed E-state index contributed by atoms with van der Waals surface area (Å²) in [7, 11) is 0. The number of ether oxygens (including phenoxy) is 1. The van der Waals surface area contributed by atoms with E-state index in [2.05, 4.69) is 56.6 Å². The third-order valence-electron chi connectivity index (χ3n) is 5.44. The molecular formula is C24H29BrN2OS. The third-order valence-corrected chi connectivity index (χ3v) is 7.22. The summed E-state index contributed by atoms with van der Waals surface area (Å²) in [5.41, 5.74) is 3.27. The normalized spacial score (nSPS) is 16.8. The summed E-state index contributed by atoms with van der Waals surface area (Å²) in [5, 5.41) is 10.6. The molecule has 1 aromatic heterocycles. The van der Waals surface area contributed by atoms with Crippen molar-refractivity contribution in [3.05, 3.63) is 44.2 Å². The predicted molar refractivity (Wildman–Crippen MR) is 126 cm³/mol. The second-order valence-electron chi connectivity index (χ2n) is 9.25. The Kier molecular flexibility index (Phi) is 6.86. The Morgan fingerprint density at radius 1 is 1.38 bits per heavy atom. The molecule has 3 nitrogen and oxygen atoms in total. The average Bonchev–Trinajstić information content (AvgIpc) is 3.01. The molecule has 0 unspecified atom stereocenters. The molecule has 5 heteroatoms. The first-order valence-corrected chi connectivity index (χ1v) is 11.8. The fraction of sp³-hybridized carbons (Fsp3) is 0.500. The van der Waals surface area contributed by atoms with E-state index >= 15 is 0 Å². The minimum atomic E-state index is 0.295. The maximum atomic E-state index is 9.73. The number of nitriles is 1. The van der Waals surface area contributed by atoms with Crippen molar-refractivity contribution in [3.8, 4) is 11.8 Å². The Bertz CT molecular complexity index is 947. The SMILES string of the molecule is CC(C)COc1ccc(C=Nc2sc3c(c2C#N)CC[C@H](C(C)(C)C)C3)cc1Br. The van der Waals surface area contributed by atoms with Crippen molar-refractivity contribution >= 4 is 38.5 Å². The summed E-state index contributed by atoms with van der Waals surface area (Å²) in [5.74, 6) is 1.98. The molecule has 2 aromatic rings. The molecular weight excluding hydrogens is 444 g/mol. The molecule has 0 spiro atoms. The fourth-order valence-corrected chi connectivity index (χ4v) is 5.35. The lowest BCUT2D eigenvalue weighted by molar-refractivity contribution is 0.218. The summed E-state index contributed by atoms with van der Waals surface area (Å²) < 4.78 is 6.73. The number of aliphatic imine (C=N–C) groups is 1. The van der Waals surface area contributed by atoms with Gasteiger partial charge in [-0.3, -0.25) is 0 Å². The highest BCUT2D eigenvalue weighted by Gasteiger charge is 2.32. The van der Waals surface area contributed by atoms with Gasteiger partial charge in [-0.2, -0.15) is 5.26 Å². The van der Waals surface area contributed by atoms with Gasteiger partial charge < -0.3 is 4.74 Å². The van der Waals surface area contributed by atoms with E-state index in [0.717, 1.165) is 45.6 Å². The number of hydrogen-bond donors (Lipinski definition) is 0. The lowest BCUT2D eigenvalue weighted by Crippen LogP contribution is -2.26. The number of hydrogen-bond acceptors (Lipinski definition) is 4. The highest BCUT2D eigenvalue weighted by Crippen LogP contribution is 2.44. The smallest absolute Gasteiger partial charge is 0.134 e. The first-order valence-electron chi connectivity index (χ1n) is 10.2. The molecule has 0 radical (unpaired) electrons. The Morgan fingerprint density at radius 2 is 2.14 bits per heavy atom. The molecule has 1 atom stereocenters. The van der Waals surface area contributed by atoms with Crippen LogP contribution < -0.4 is 4.74 Å². The van der Waals surface area contributed by atoms with Gasteiger partial charge in [0.05, 0.1) is 16.6 Å². The Balaban J connectivity index is 1.80. The van der Waals surface area contributed by atoms with E-state index in [4.69, 9.17) is 9.73 Å². The van der Waals surface area contributed by atoms with Crippen LogP contribution in [0.5, 0.6) is 5.75 Å². The van der Waals surface area contributed by atoms with E-state index < -0.39 is 0 Å². The van der Waals surface area contributed by atoms with Gasteiger partial charge in [-0.25, -0.2) is 4.99 Å². The number of thiophene rings is 1. The van der Waals surface area contributed by atoms with Crippen LogP contribution in [0, 0.1) is 28.6 Å². The Hall–Kier alpha value is -1.64. The Labute approximate surface area is 187 Å². The van der Waals surface area contributed by atoms with Gasteiger partial charge in [-0.15, -0.1) is 11.3 Å². The van der Waals surface area contributed by atoms with E-state index in [1.807, 2.05) is 24.4 Å². The lowest BCUT2D eigenvalue weighted by atomic mass is 9.72. The topological polar surface area (TPSA) is 45.4 Å². The molecule has 3 rings (SSSR count). The van der Waals surface area contributed by atoms with Crippen molar-refractivity contribution in [2.45, 2.75) is 53.9 Å². The van der Waals surface area contributed by atoms with Crippen molar-refractivity contribution in [1.82, 2.24) is 0 Å². The standard InChI is InChI=1S/C24H29BrN2OS/c1-15(2)14-28-21-9-6-16(10-20(21)25)13-27-23-19(12-26)18-8-7-17(24(3,4)5)11-22(18)29-23/h6,9-10,13,15,17H,7-8,11,14H2,1-5H3/t17-/m0/s1. The largest absolute Gasteiger partial charge is 0.492 e. The molecule has 154 valence electrons. The summed E-state index contributed by atoms with van der Waals surface area (Å²) in [6.07, 6.45) is 5.03. The minimum absolute atomic E-state index is 0.295. The molecule has 0 aliphatic heterocycles. The molecule has 0 bridgehead atoms. The molecule has 0 saturated heterocycles. The van der Waals surface area contributed by atoms with Crippen LogP contribution in [-0.2, 0) is 12.8 Å². The predicted octanol–water partition coefficient (Wildman–Crippen LogP) is 7.32. The van der Waals surface area contributed by atoms with Crippen LogP contribution in [0.4, 0.5) is 5.00 Å². The first kappa shape index (κ1) is 22.1. The second kappa shape index (κ2) is 9.02. The molecule has 1 aliphatic carbocycles. The van der Waals surface area contributed by atoms with Gasteiger partial charge in [0.2, 0.25) is 0 Å². The monoisotopic (exact) mass is 472 g/mol. The van der Waals surface area contributed by atoms with E-state index in [1.165, 1.54) is 10.4 Å². The number of rotatable bonds is 5. The van der Waals surface area contributed by atoms with Gasteiger partial charge in [-0.1, -0.05) is 34.6 Å². The van der Waals surface area contributed by atoms with Gasteiger partial charge >= 0.3 is 0 Å². The summed E-state index contributed by atoms with van der Waals surface area (Å²) >= 11 is 5.27. The number of benzene rings is 1. The van der Waals surface area contributed by atoms with Crippen LogP contribution in [0.25, 0.3) is 0 Å². The fourth-order valence-electron chi connectivity index (χ4n) is 3.62. The van der Waals surface area contributed by atoms with Crippen molar-refractivity contribution in [2.24, 2.45) is 22.2 Å². The highest BCUT2D eigenvalue weighted by molar-refractivity contribution is 9.10. The lowest BCUT2D eigenvalue weighted by Gasteiger charge is -2.33. The zero-order valence-corrected chi connectivity index (χ0v) is 20.3. The molecule has 1 aromatic carbocycles. The van der Waals surface area contributed by atoms with E-state index in [-0.39, 0.29) is 0 Å². The van der Waals surface area contributed by atoms with Gasteiger partial charge in [0.25, 0.3) is 0 Å². The van der Waals surface area contributed by atoms with Gasteiger partial charge in [0.15, 0.2) is 0 Å². The van der Waals surface area contributed by atoms with E-state index in [0.29, 0.717) is 23.9 Å². The van der Waals surface area contributed by atoms with Crippen LogP contribution in [0.1, 0.15) is 62.6 Å². The maximum absolute atomic E-state index is 9.73. The zero-order chi connectivity index (χ0) is 21.2. The van der Waals surface area contributed by atoms with Crippen molar-refractivity contribution < 1.29 is 4.74 Å². The average molecular weight is 473 g/mol. The molecule has 0 fully saturated rings.